The molecule has 0 amide bonds. The molecular weight excluding hydrogens is 262 g/mol. The number of likely N-dealkylation sites (tertiary alicyclic amines) is 1. The summed E-state index contributed by atoms with van der Waals surface area (Å²) in [5.41, 5.74) is 2.78. The van der Waals surface area contributed by atoms with Crippen LogP contribution in [0.4, 0.5) is 0 Å². The van der Waals surface area contributed by atoms with E-state index in [-0.39, 0.29) is 0 Å². The lowest BCUT2D eigenvalue weighted by Crippen LogP contribution is -2.23. The van der Waals surface area contributed by atoms with E-state index in [9.17, 15) is 0 Å². The molecule has 1 aromatic rings. The van der Waals surface area contributed by atoms with Crippen LogP contribution in [0.5, 0.6) is 11.5 Å². The molecule has 1 saturated heterocycles. The molecule has 1 heterocycles. The van der Waals surface area contributed by atoms with E-state index in [1.165, 1.54) is 12.0 Å². The number of hydrogen-bond donors (Lipinski definition) is 0. The lowest BCUT2D eigenvalue weighted by atomic mass is 10.0. The van der Waals surface area contributed by atoms with Crippen LogP contribution < -0.4 is 9.47 Å². The molecule has 0 saturated carbocycles. The Hall–Kier alpha value is -1.19. The smallest absolute Gasteiger partial charge is 0.123 e. The maximum Gasteiger partial charge on any atom is 0.123 e. The SMILES string of the molecule is COc1ccc(OC)c(C2CCCN2C/C=C/Cl)c1. The van der Waals surface area contributed by atoms with Gasteiger partial charge in [0.05, 0.1) is 14.2 Å². The highest BCUT2D eigenvalue weighted by molar-refractivity contribution is 6.25. The summed E-state index contributed by atoms with van der Waals surface area (Å²) in [6.07, 6.45) is 4.31. The van der Waals surface area contributed by atoms with E-state index in [2.05, 4.69) is 11.0 Å². The second kappa shape index (κ2) is 6.83. The maximum atomic E-state index is 5.63. The van der Waals surface area contributed by atoms with Gasteiger partial charge in [-0.3, -0.25) is 4.90 Å². The van der Waals surface area contributed by atoms with E-state index < -0.39 is 0 Å². The quantitative estimate of drug-likeness (QED) is 0.823. The van der Waals surface area contributed by atoms with E-state index in [1.807, 2.05) is 18.2 Å². The van der Waals surface area contributed by atoms with Gasteiger partial charge in [0, 0.05) is 23.7 Å². The lowest BCUT2D eigenvalue weighted by Gasteiger charge is -2.25. The number of hydrogen-bond acceptors (Lipinski definition) is 3. The average Bonchev–Trinajstić information content (AvgIpc) is 2.92. The summed E-state index contributed by atoms with van der Waals surface area (Å²) in [5.74, 6) is 1.79. The van der Waals surface area contributed by atoms with Gasteiger partial charge in [-0.25, -0.2) is 0 Å². The molecule has 1 atom stereocenters. The first-order valence-electron chi connectivity index (χ1n) is 6.51. The molecule has 1 aliphatic heterocycles. The van der Waals surface area contributed by atoms with Gasteiger partial charge in [-0.2, -0.15) is 0 Å². The summed E-state index contributed by atoms with van der Waals surface area (Å²) >= 11 is 5.63. The van der Waals surface area contributed by atoms with Crippen LogP contribution in [0.25, 0.3) is 0 Å². The molecule has 1 unspecified atom stereocenters. The molecule has 0 aliphatic carbocycles. The Kier molecular flexibility index (Phi) is 5.11. The van der Waals surface area contributed by atoms with Crippen LogP contribution in [0.3, 0.4) is 0 Å². The van der Waals surface area contributed by atoms with Gasteiger partial charge in [0.1, 0.15) is 11.5 Å². The highest BCUT2D eigenvalue weighted by Crippen LogP contribution is 2.38. The minimum atomic E-state index is 0.373. The molecule has 3 nitrogen and oxygen atoms in total. The molecule has 0 aromatic heterocycles. The molecular formula is C15H20ClNO2. The fourth-order valence-corrected chi connectivity index (χ4v) is 2.75. The van der Waals surface area contributed by atoms with Gasteiger partial charge in [-0.15, -0.1) is 0 Å². The number of ether oxygens (including phenoxy) is 2. The molecule has 2 rings (SSSR count). The Morgan fingerprint density at radius 2 is 2.21 bits per heavy atom. The Balaban J connectivity index is 2.27. The first-order valence-corrected chi connectivity index (χ1v) is 6.95. The molecule has 1 aromatic carbocycles. The predicted octanol–water partition coefficient (Wildman–Crippen LogP) is 3.59. The van der Waals surface area contributed by atoms with Crippen LogP contribution in [0.1, 0.15) is 24.4 Å². The Labute approximate surface area is 119 Å². The molecule has 1 aliphatic rings. The van der Waals surface area contributed by atoms with Gasteiger partial charge >= 0.3 is 0 Å². The molecule has 19 heavy (non-hydrogen) atoms. The summed E-state index contributed by atoms with van der Waals surface area (Å²) in [4.78, 5) is 2.41. The average molecular weight is 282 g/mol. The standard InChI is InChI=1S/C15H20ClNO2/c1-18-12-6-7-15(19-2)13(11-12)14-5-3-9-17(14)10-4-8-16/h4,6-8,11,14H,3,5,9-10H2,1-2H3/b8-4+. The van der Waals surface area contributed by atoms with Crippen molar-refractivity contribution in [3.63, 3.8) is 0 Å². The molecule has 0 bridgehead atoms. The third-order valence-corrected chi connectivity index (χ3v) is 3.77. The Morgan fingerprint density at radius 1 is 1.37 bits per heavy atom. The van der Waals surface area contributed by atoms with Crippen molar-refractivity contribution >= 4 is 11.6 Å². The number of rotatable bonds is 5. The van der Waals surface area contributed by atoms with Gasteiger partial charge < -0.3 is 9.47 Å². The normalized spacial score (nSPS) is 20.1. The molecule has 1 fully saturated rings. The highest BCUT2D eigenvalue weighted by atomic mass is 35.5. The van der Waals surface area contributed by atoms with Crippen molar-refractivity contribution < 1.29 is 9.47 Å². The van der Waals surface area contributed by atoms with Crippen molar-refractivity contribution in [1.82, 2.24) is 4.90 Å². The van der Waals surface area contributed by atoms with Crippen molar-refractivity contribution in [2.24, 2.45) is 0 Å². The van der Waals surface area contributed by atoms with E-state index in [4.69, 9.17) is 21.1 Å². The molecule has 0 radical (unpaired) electrons. The van der Waals surface area contributed by atoms with Crippen molar-refractivity contribution in [3.8, 4) is 11.5 Å². The predicted molar refractivity (Wildman–Crippen MR) is 78.1 cm³/mol. The van der Waals surface area contributed by atoms with E-state index in [0.29, 0.717) is 6.04 Å². The minimum absolute atomic E-state index is 0.373. The zero-order chi connectivity index (χ0) is 13.7. The Bertz CT molecular complexity index is 448. The van der Waals surface area contributed by atoms with Crippen molar-refractivity contribution in [2.75, 3.05) is 27.3 Å². The van der Waals surface area contributed by atoms with Crippen LogP contribution in [0, 0.1) is 0 Å². The number of nitrogens with zero attached hydrogens (tertiary/aromatic N) is 1. The zero-order valence-corrected chi connectivity index (χ0v) is 12.2. The van der Waals surface area contributed by atoms with Crippen molar-refractivity contribution in [3.05, 3.63) is 35.4 Å². The van der Waals surface area contributed by atoms with Gasteiger partial charge in [-0.1, -0.05) is 17.7 Å². The first kappa shape index (κ1) is 14.2. The second-order valence-corrected chi connectivity index (χ2v) is 4.87. The van der Waals surface area contributed by atoms with Crippen LogP contribution in [-0.2, 0) is 0 Å². The molecule has 0 N–H and O–H groups in total. The second-order valence-electron chi connectivity index (χ2n) is 4.62. The van der Waals surface area contributed by atoms with Gasteiger partial charge in [0.15, 0.2) is 0 Å². The number of halogens is 1. The molecule has 4 heteroatoms. The summed E-state index contributed by atoms with van der Waals surface area (Å²) < 4.78 is 10.8. The largest absolute Gasteiger partial charge is 0.497 e. The maximum absolute atomic E-state index is 5.63. The molecule has 104 valence electrons. The minimum Gasteiger partial charge on any atom is -0.497 e. The first-order chi connectivity index (χ1) is 9.30. The summed E-state index contributed by atoms with van der Waals surface area (Å²) in [6, 6.07) is 6.35. The third kappa shape index (κ3) is 3.23. The zero-order valence-electron chi connectivity index (χ0n) is 11.4. The lowest BCUT2D eigenvalue weighted by molar-refractivity contribution is 0.276. The van der Waals surface area contributed by atoms with Crippen LogP contribution in [-0.4, -0.2) is 32.2 Å². The van der Waals surface area contributed by atoms with Gasteiger partial charge in [0.2, 0.25) is 0 Å². The van der Waals surface area contributed by atoms with Crippen LogP contribution in [0.2, 0.25) is 0 Å². The van der Waals surface area contributed by atoms with E-state index >= 15 is 0 Å². The summed E-state index contributed by atoms with van der Waals surface area (Å²) in [5, 5.41) is 0. The van der Waals surface area contributed by atoms with Gasteiger partial charge in [0.25, 0.3) is 0 Å². The monoisotopic (exact) mass is 281 g/mol. The van der Waals surface area contributed by atoms with E-state index in [1.54, 1.807) is 19.8 Å². The van der Waals surface area contributed by atoms with Crippen LogP contribution >= 0.6 is 11.6 Å². The topological polar surface area (TPSA) is 21.7 Å². The van der Waals surface area contributed by atoms with E-state index in [0.717, 1.165) is 31.0 Å². The highest BCUT2D eigenvalue weighted by Gasteiger charge is 2.27. The van der Waals surface area contributed by atoms with Crippen molar-refractivity contribution in [1.29, 1.82) is 0 Å². The van der Waals surface area contributed by atoms with Gasteiger partial charge in [-0.05, 0) is 37.6 Å². The summed E-state index contributed by atoms with van der Waals surface area (Å²) in [7, 11) is 3.40. The number of benzene rings is 1. The number of methoxy groups -OCH3 is 2. The fraction of sp³-hybridized carbons (Fsp3) is 0.467. The van der Waals surface area contributed by atoms with Crippen LogP contribution in [0.15, 0.2) is 29.8 Å². The molecule has 0 spiro atoms. The third-order valence-electron chi connectivity index (χ3n) is 3.59. The Morgan fingerprint density at radius 3 is 2.89 bits per heavy atom. The van der Waals surface area contributed by atoms with Crippen molar-refractivity contribution in [2.45, 2.75) is 18.9 Å². The summed E-state index contributed by atoms with van der Waals surface area (Å²) in [6.45, 7) is 1.96. The fourth-order valence-electron chi connectivity index (χ4n) is 2.67.